The van der Waals surface area contributed by atoms with Gasteiger partial charge >= 0.3 is 0 Å². The van der Waals surface area contributed by atoms with Crippen molar-refractivity contribution in [3.05, 3.63) is 58.7 Å². The first-order valence-electron chi connectivity index (χ1n) is 10.8. The first-order chi connectivity index (χ1) is 15.6. The summed E-state index contributed by atoms with van der Waals surface area (Å²) in [6.45, 7) is 5.02. The number of benzene rings is 1. The second-order valence-corrected chi connectivity index (χ2v) is 9.36. The molecule has 0 saturated carbocycles. The van der Waals surface area contributed by atoms with Crippen LogP contribution in [0.1, 0.15) is 34.9 Å². The Labute approximate surface area is 189 Å². The molecular formula is C23H24N4O4S. The number of furan rings is 1. The molecule has 0 aliphatic carbocycles. The molecule has 1 spiro atoms. The number of nitrogens with zero attached hydrogens (tertiary/aromatic N) is 4. The molecule has 1 atom stereocenters. The minimum Gasteiger partial charge on any atom is -0.492 e. The Bertz CT molecular complexity index is 1220. The number of ether oxygens (including phenoxy) is 2. The van der Waals surface area contributed by atoms with E-state index in [4.69, 9.17) is 13.9 Å². The number of aromatic hydroxyl groups is 1. The molecule has 2 saturated heterocycles. The van der Waals surface area contributed by atoms with Crippen LogP contribution in [-0.4, -0.2) is 56.7 Å². The van der Waals surface area contributed by atoms with Gasteiger partial charge in [-0.2, -0.15) is 9.50 Å². The third-order valence-corrected chi connectivity index (χ3v) is 7.39. The third-order valence-electron chi connectivity index (χ3n) is 6.32. The standard InChI is InChI=1S/C23H24N4O4S/c1-15-4-6-16(7-5-15)18(26-10-8-23(9-11-26)30-13-14-31-23)19-21(28)27-22(32-19)24-20(25-27)17-3-2-12-29-17/h2-7,12,18,28H,8-11,13-14H2,1H3/t18-/m0/s1. The minimum absolute atomic E-state index is 0.102. The molecule has 1 N–H and O–H groups in total. The highest BCUT2D eigenvalue weighted by Gasteiger charge is 2.42. The van der Waals surface area contributed by atoms with E-state index in [0.717, 1.165) is 36.4 Å². The molecule has 32 heavy (non-hydrogen) atoms. The van der Waals surface area contributed by atoms with Gasteiger partial charge in [-0.3, -0.25) is 4.90 Å². The molecule has 2 aliphatic rings. The SMILES string of the molecule is Cc1ccc([C@@H](c2sc3nc(-c4ccco4)nn3c2O)N2CCC3(CC2)OCCO3)cc1. The van der Waals surface area contributed by atoms with Crippen LogP contribution in [0.5, 0.6) is 5.88 Å². The zero-order valence-corrected chi connectivity index (χ0v) is 18.5. The zero-order valence-electron chi connectivity index (χ0n) is 17.7. The second-order valence-electron chi connectivity index (χ2n) is 8.35. The monoisotopic (exact) mass is 452 g/mol. The summed E-state index contributed by atoms with van der Waals surface area (Å²) >= 11 is 1.46. The number of likely N-dealkylation sites (tertiary alicyclic amines) is 1. The first kappa shape index (κ1) is 19.9. The number of aromatic nitrogens is 3. The summed E-state index contributed by atoms with van der Waals surface area (Å²) < 4.78 is 18.7. The normalized spacial score (nSPS) is 19.8. The van der Waals surface area contributed by atoms with Crippen molar-refractivity contribution in [2.45, 2.75) is 31.6 Å². The zero-order chi connectivity index (χ0) is 21.7. The predicted molar refractivity (Wildman–Crippen MR) is 119 cm³/mol. The summed E-state index contributed by atoms with van der Waals surface area (Å²) in [7, 11) is 0. The molecule has 0 amide bonds. The van der Waals surface area contributed by atoms with Crippen LogP contribution in [0.15, 0.2) is 47.1 Å². The molecule has 1 aromatic carbocycles. The Morgan fingerprint density at radius 1 is 1.09 bits per heavy atom. The van der Waals surface area contributed by atoms with Gasteiger partial charge in [0.25, 0.3) is 0 Å². The molecule has 4 aromatic rings. The average molecular weight is 453 g/mol. The minimum atomic E-state index is -0.445. The van der Waals surface area contributed by atoms with E-state index in [9.17, 15) is 5.11 Å². The van der Waals surface area contributed by atoms with E-state index in [-0.39, 0.29) is 11.9 Å². The quantitative estimate of drug-likeness (QED) is 0.501. The fourth-order valence-electron chi connectivity index (χ4n) is 4.62. The Kier molecular flexibility index (Phi) is 4.80. The lowest BCUT2D eigenvalue weighted by Gasteiger charge is -2.41. The number of piperidine rings is 1. The highest BCUT2D eigenvalue weighted by molar-refractivity contribution is 7.17. The summed E-state index contributed by atoms with van der Waals surface area (Å²) in [6, 6.07) is 12.0. The maximum absolute atomic E-state index is 11.2. The Morgan fingerprint density at radius 2 is 1.84 bits per heavy atom. The van der Waals surface area contributed by atoms with Gasteiger partial charge in [-0.15, -0.1) is 5.10 Å². The van der Waals surface area contributed by atoms with Crippen molar-refractivity contribution in [3.8, 4) is 17.5 Å². The molecule has 6 rings (SSSR count). The molecule has 0 radical (unpaired) electrons. The Balaban J connectivity index is 1.37. The van der Waals surface area contributed by atoms with E-state index in [2.05, 4.69) is 46.2 Å². The second kappa shape index (κ2) is 7.70. The lowest BCUT2D eigenvalue weighted by molar-refractivity contribution is -0.187. The van der Waals surface area contributed by atoms with Crippen LogP contribution in [-0.2, 0) is 9.47 Å². The number of aryl methyl sites for hydroxylation is 1. The van der Waals surface area contributed by atoms with Crippen LogP contribution in [0.2, 0.25) is 0 Å². The first-order valence-corrected chi connectivity index (χ1v) is 11.6. The third kappa shape index (κ3) is 3.32. The summed E-state index contributed by atoms with van der Waals surface area (Å²) in [4.78, 5) is 8.44. The van der Waals surface area contributed by atoms with E-state index in [0.29, 0.717) is 29.8 Å². The molecule has 2 aliphatic heterocycles. The van der Waals surface area contributed by atoms with Crippen LogP contribution < -0.4 is 0 Å². The Hall–Kier alpha value is -2.72. The van der Waals surface area contributed by atoms with Gasteiger partial charge in [0.1, 0.15) is 0 Å². The van der Waals surface area contributed by atoms with Crippen molar-refractivity contribution in [3.63, 3.8) is 0 Å². The number of fused-ring (bicyclic) bond motifs is 1. The smallest absolute Gasteiger partial charge is 0.230 e. The van der Waals surface area contributed by atoms with Crippen molar-refractivity contribution < 1.29 is 19.0 Å². The van der Waals surface area contributed by atoms with Gasteiger partial charge < -0.3 is 19.0 Å². The fourth-order valence-corrected chi connectivity index (χ4v) is 5.74. The molecule has 166 valence electrons. The van der Waals surface area contributed by atoms with Gasteiger partial charge in [0, 0.05) is 25.9 Å². The van der Waals surface area contributed by atoms with Gasteiger partial charge in [0.2, 0.25) is 16.7 Å². The highest BCUT2D eigenvalue weighted by Crippen LogP contribution is 2.43. The van der Waals surface area contributed by atoms with Crippen LogP contribution in [0.4, 0.5) is 0 Å². The van der Waals surface area contributed by atoms with Crippen LogP contribution in [0.3, 0.4) is 0 Å². The molecule has 2 fully saturated rings. The van der Waals surface area contributed by atoms with Crippen molar-refractivity contribution in [1.29, 1.82) is 0 Å². The summed E-state index contributed by atoms with van der Waals surface area (Å²) in [5, 5.41) is 15.7. The molecule has 5 heterocycles. The van der Waals surface area contributed by atoms with Crippen LogP contribution >= 0.6 is 11.3 Å². The van der Waals surface area contributed by atoms with E-state index in [1.807, 2.05) is 6.07 Å². The number of rotatable bonds is 4. The van der Waals surface area contributed by atoms with E-state index in [1.54, 1.807) is 12.3 Å². The van der Waals surface area contributed by atoms with E-state index < -0.39 is 5.79 Å². The van der Waals surface area contributed by atoms with Crippen LogP contribution in [0, 0.1) is 6.92 Å². The summed E-state index contributed by atoms with van der Waals surface area (Å²) in [5.74, 6) is 0.717. The van der Waals surface area contributed by atoms with Crippen LogP contribution in [0.25, 0.3) is 16.5 Å². The molecule has 0 unspecified atom stereocenters. The molecule has 0 bridgehead atoms. The van der Waals surface area contributed by atoms with Gasteiger partial charge in [-0.25, -0.2) is 0 Å². The van der Waals surface area contributed by atoms with E-state index in [1.165, 1.54) is 21.4 Å². The van der Waals surface area contributed by atoms with E-state index >= 15 is 0 Å². The number of thiazole rings is 1. The number of hydrogen-bond donors (Lipinski definition) is 1. The highest BCUT2D eigenvalue weighted by atomic mass is 32.1. The fraction of sp³-hybridized carbons (Fsp3) is 0.391. The van der Waals surface area contributed by atoms with Crippen molar-refractivity contribution in [2.75, 3.05) is 26.3 Å². The number of hydrogen-bond acceptors (Lipinski definition) is 8. The van der Waals surface area contributed by atoms with Gasteiger partial charge in [-0.1, -0.05) is 41.2 Å². The van der Waals surface area contributed by atoms with Gasteiger partial charge in [0.05, 0.1) is 30.4 Å². The average Bonchev–Trinajstić information content (AvgIpc) is 3.59. The lowest BCUT2D eigenvalue weighted by Crippen LogP contribution is -2.46. The molecule has 8 nitrogen and oxygen atoms in total. The summed E-state index contributed by atoms with van der Waals surface area (Å²) in [5.41, 5.74) is 2.33. The molecular weight excluding hydrogens is 428 g/mol. The van der Waals surface area contributed by atoms with Gasteiger partial charge in [-0.05, 0) is 24.6 Å². The molecule has 3 aromatic heterocycles. The summed E-state index contributed by atoms with van der Waals surface area (Å²) in [6.07, 6.45) is 3.20. The maximum atomic E-state index is 11.2. The van der Waals surface area contributed by atoms with Crippen molar-refractivity contribution >= 4 is 16.3 Å². The van der Waals surface area contributed by atoms with Gasteiger partial charge in [0.15, 0.2) is 11.5 Å². The molecule has 9 heteroatoms. The van der Waals surface area contributed by atoms with Crippen molar-refractivity contribution in [1.82, 2.24) is 19.5 Å². The lowest BCUT2D eigenvalue weighted by atomic mass is 9.97. The maximum Gasteiger partial charge on any atom is 0.230 e. The topological polar surface area (TPSA) is 85.3 Å². The Morgan fingerprint density at radius 3 is 2.50 bits per heavy atom. The predicted octanol–water partition coefficient (Wildman–Crippen LogP) is 3.99. The van der Waals surface area contributed by atoms with Crippen molar-refractivity contribution in [2.24, 2.45) is 0 Å². The largest absolute Gasteiger partial charge is 0.492 e.